The molecule has 0 atom stereocenters. The fraction of sp³-hybridized carbons (Fsp3) is 0.304. The zero-order valence-electron chi connectivity index (χ0n) is 14.3. The molecule has 2 aromatic carbocycles. The van der Waals surface area contributed by atoms with Crippen molar-refractivity contribution in [3.8, 4) is 0 Å². The molecule has 0 heteroatoms. The van der Waals surface area contributed by atoms with E-state index in [1.807, 2.05) is 0 Å². The van der Waals surface area contributed by atoms with E-state index < -0.39 is 0 Å². The van der Waals surface area contributed by atoms with Gasteiger partial charge in [-0.05, 0) is 48.5 Å². The van der Waals surface area contributed by atoms with Gasteiger partial charge in [0.05, 0.1) is 0 Å². The first-order valence-electron chi connectivity index (χ1n) is 8.77. The lowest BCUT2D eigenvalue weighted by Crippen LogP contribution is -2.26. The molecule has 1 aliphatic rings. The van der Waals surface area contributed by atoms with Crippen LogP contribution in [0.25, 0.3) is 0 Å². The van der Waals surface area contributed by atoms with E-state index >= 15 is 0 Å². The van der Waals surface area contributed by atoms with Crippen molar-refractivity contribution >= 4 is 0 Å². The number of hydrogen-bond acceptors (Lipinski definition) is 0. The summed E-state index contributed by atoms with van der Waals surface area (Å²) in [5.74, 6) is 0. The Hall–Kier alpha value is -2.08. The molecule has 0 saturated heterocycles. The Morgan fingerprint density at radius 1 is 0.870 bits per heavy atom. The van der Waals surface area contributed by atoms with Gasteiger partial charge in [0.15, 0.2) is 0 Å². The van der Waals surface area contributed by atoms with Crippen LogP contribution >= 0.6 is 0 Å². The molecule has 0 saturated carbocycles. The molecule has 0 fully saturated rings. The van der Waals surface area contributed by atoms with Gasteiger partial charge in [-0.2, -0.15) is 0 Å². The highest BCUT2D eigenvalue weighted by Crippen LogP contribution is 2.44. The summed E-state index contributed by atoms with van der Waals surface area (Å²) in [7, 11) is 0. The highest BCUT2D eigenvalue weighted by molar-refractivity contribution is 5.53. The summed E-state index contributed by atoms with van der Waals surface area (Å²) in [6.45, 7) is 4.67. The van der Waals surface area contributed by atoms with Gasteiger partial charge in [-0.1, -0.05) is 86.2 Å². The zero-order valence-corrected chi connectivity index (χ0v) is 14.3. The second-order valence-electron chi connectivity index (χ2n) is 6.57. The Morgan fingerprint density at radius 2 is 1.43 bits per heavy atom. The fourth-order valence-corrected chi connectivity index (χ4v) is 3.74. The van der Waals surface area contributed by atoms with E-state index in [0.717, 1.165) is 6.42 Å². The maximum absolute atomic E-state index is 2.39. The number of allylic oxidation sites excluding steroid dienone is 4. The first-order valence-corrected chi connectivity index (χ1v) is 8.77. The molecule has 0 unspecified atom stereocenters. The van der Waals surface area contributed by atoms with Crippen molar-refractivity contribution in [2.45, 2.75) is 44.9 Å². The minimum absolute atomic E-state index is 0.0465. The van der Waals surface area contributed by atoms with Crippen LogP contribution in [0.3, 0.4) is 0 Å². The SMILES string of the molecule is CCCCC1=C(C(C)(c2ccccc2)c2ccccc2)CC=C1. The van der Waals surface area contributed by atoms with Crippen molar-refractivity contribution in [1.29, 1.82) is 0 Å². The lowest BCUT2D eigenvalue weighted by molar-refractivity contribution is 0.647. The zero-order chi connectivity index (χ0) is 16.1. The molecule has 0 aromatic heterocycles. The molecule has 0 N–H and O–H groups in total. The molecule has 0 aliphatic heterocycles. The lowest BCUT2D eigenvalue weighted by Gasteiger charge is -2.34. The van der Waals surface area contributed by atoms with E-state index in [4.69, 9.17) is 0 Å². The first kappa shape index (κ1) is 15.8. The van der Waals surface area contributed by atoms with Crippen LogP contribution in [0.4, 0.5) is 0 Å². The van der Waals surface area contributed by atoms with E-state index in [1.165, 1.54) is 30.4 Å². The number of unbranched alkanes of at least 4 members (excludes halogenated alkanes) is 1. The minimum Gasteiger partial charge on any atom is -0.0801 e. The Labute approximate surface area is 140 Å². The quantitative estimate of drug-likeness (QED) is 0.576. The Bertz CT molecular complexity index is 650. The molecule has 0 bridgehead atoms. The molecule has 23 heavy (non-hydrogen) atoms. The van der Waals surface area contributed by atoms with E-state index in [1.54, 1.807) is 11.1 Å². The molecule has 1 aliphatic carbocycles. The van der Waals surface area contributed by atoms with Gasteiger partial charge in [0.25, 0.3) is 0 Å². The average molecular weight is 302 g/mol. The third kappa shape index (κ3) is 3.03. The van der Waals surface area contributed by atoms with Crippen LogP contribution in [-0.2, 0) is 5.41 Å². The van der Waals surface area contributed by atoms with E-state index in [2.05, 4.69) is 86.7 Å². The van der Waals surface area contributed by atoms with Crippen LogP contribution in [0.15, 0.2) is 84.0 Å². The van der Waals surface area contributed by atoms with Crippen molar-refractivity contribution in [3.63, 3.8) is 0 Å². The van der Waals surface area contributed by atoms with Gasteiger partial charge in [0.2, 0.25) is 0 Å². The van der Waals surface area contributed by atoms with E-state index in [0.29, 0.717) is 0 Å². The molecule has 0 radical (unpaired) electrons. The second kappa shape index (κ2) is 7.00. The molecule has 0 nitrogen and oxygen atoms in total. The van der Waals surface area contributed by atoms with Gasteiger partial charge in [0, 0.05) is 5.41 Å². The minimum atomic E-state index is -0.0465. The molecule has 2 aromatic rings. The van der Waals surface area contributed by atoms with Crippen LogP contribution in [0.1, 0.15) is 50.7 Å². The van der Waals surface area contributed by atoms with Crippen LogP contribution in [0.2, 0.25) is 0 Å². The maximum Gasteiger partial charge on any atom is 0.0391 e. The molecule has 0 spiro atoms. The topological polar surface area (TPSA) is 0 Å². The van der Waals surface area contributed by atoms with Crippen molar-refractivity contribution in [1.82, 2.24) is 0 Å². The smallest absolute Gasteiger partial charge is 0.0391 e. The van der Waals surface area contributed by atoms with Gasteiger partial charge in [0.1, 0.15) is 0 Å². The summed E-state index contributed by atoms with van der Waals surface area (Å²) in [6, 6.07) is 21.9. The van der Waals surface area contributed by atoms with Crippen LogP contribution in [-0.4, -0.2) is 0 Å². The van der Waals surface area contributed by atoms with Gasteiger partial charge >= 0.3 is 0 Å². The normalized spacial score (nSPS) is 14.5. The summed E-state index contributed by atoms with van der Waals surface area (Å²) in [5, 5.41) is 0. The summed E-state index contributed by atoms with van der Waals surface area (Å²) in [5.41, 5.74) is 5.85. The monoisotopic (exact) mass is 302 g/mol. The van der Waals surface area contributed by atoms with Crippen molar-refractivity contribution in [2.24, 2.45) is 0 Å². The third-order valence-corrected chi connectivity index (χ3v) is 5.13. The third-order valence-electron chi connectivity index (χ3n) is 5.13. The summed E-state index contributed by atoms with van der Waals surface area (Å²) in [4.78, 5) is 0. The largest absolute Gasteiger partial charge is 0.0801 e. The standard InChI is InChI=1S/C23H26/c1-3-4-12-19-13-11-18-22(19)23(2,20-14-7-5-8-15-20)21-16-9-6-10-17-21/h5-11,13-17H,3-4,12,18H2,1-2H3. The number of hydrogen-bond donors (Lipinski definition) is 0. The van der Waals surface area contributed by atoms with E-state index in [-0.39, 0.29) is 5.41 Å². The highest BCUT2D eigenvalue weighted by atomic mass is 14.4. The predicted molar refractivity (Wildman–Crippen MR) is 99.6 cm³/mol. The Balaban J connectivity index is 2.14. The molecule has 118 valence electrons. The lowest BCUT2D eigenvalue weighted by atomic mass is 9.69. The first-order chi connectivity index (χ1) is 11.3. The molecule has 0 amide bonds. The molecular weight excluding hydrogens is 276 g/mol. The number of benzene rings is 2. The average Bonchev–Trinajstić information content (AvgIpc) is 3.10. The van der Waals surface area contributed by atoms with Crippen molar-refractivity contribution < 1.29 is 0 Å². The second-order valence-corrected chi connectivity index (χ2v) is 6.57. The Kier molecular flexibility index (Phi) is 4.81. The fourth-order valence-electron chi connectivity index (χ4n) is 3.74. The summed E-state index contributed by atoms with van der Waals surface area (Å²) < 4.78 is 0. The van der Waals surface area contributed by atoms with Crippen molar-refractivity contribution in [3.05, 3.63) is 95.1 Å². The summed E-state index contributed by atoms with van der Waals surface area (Å²) in [6.07, 6.45) is 9.47. The number of rotatable bonds is 6. The van der Waals surface area contributed by atoms with E-state index in [9.17, 15) is 0 Å². The van der Waals surface area contributed by atoms with Crippen LogP contribution < -0.4 is 0 Å². The summed E-state index contributed by atoms with van der Waals surface area (Å²) >= 11 is 0. The van der Waals surface area contributed by atoms with Gasteiger partial charge < -0.3 is 0 Å². The van der Waals surface area contributed by atoms with Gasteiger partial charge in [-0.15, -0.1) is 0 Å². The van der Waals surface area contributed by atoms with Crippen LogP contribution in [0, 0.1) is 0 Å². The highest BCUT2D eigenvalue weighted by Gasteiger charge is 2.34. The van der Waals surface area contributed by atoms with Gasteiger partial charge in [-0.25, -0.2) is 0 Å². The van der Waals surface area contributed by atoms with Crippen molar-refractivity contribution in [2.75, 3.05) is 0 Å². The molecule has 3 rings (SSSR count). The van der Waals surface area contributed by atoms with Crippen LogP contribution in [0.5, 0.6) is 0 Å². The molecule has 0 heterocycles. The Morgan fingerprint density at radius 3 is 1.96 bits per heavy atom. The predicted octanol–water partition coefficient (Wildman–Crippen LogP) is 6.44. The molecular formula is C23H26. The van der Waals surface area contributed by atoms with Gasteiger partial charge in [-0.3, -0.25) is 0 Å². The maximum atomic E-state index is 2.39.